The first-order valence-corrected chi connectivity index (χ1v) is 7.45. The number of nitrogens with one attached hydrogen (secondary N) is 1. The van der Waals surface area contributed by atoms with Gasteiger partial charge in [0.05, 0.1) is 0 Å². The third-order valence-corrected chi connectivity index (χ3v) is 4.84. The van der Waals surface area contributed by atoms with Gasteiger partial charge in [-0.25, -0.2) is 0 Å². The van der Waals surface area contributed by atoms with Gasteiger partial charge in [-0.3, -0.25) is 4.90 Å². The summed E-state index contributed by atoms with van der Waals surface area (Å²) in [5.41, 5.74) is 1.56. The Morgan fingerprint density at radius 3 is 3.06 bits per heavy atom. The van der Waals surface area contributed by atoms with Crippen LogP contribution >= 0.6 is 0 Å². The smallest absolute Gasteiger partial charge is 0.0201 e. The summed E-state index contributed by atoms with van der Waals surface area (Å²) in [6.07, 6.45) is 10.9. The Labute approximate surface area is 105 Å². The molecule has 2 fully saturated rings. The summed E-state index contributed by atoms with van der Waals surface area (Å²) < 4.78 is 0. The third kappa shape index (κ3) is 2.74. The fourth-order valence-electron chi connectivity index (χ4n) is 4.03. The van der Waals surface area contributed by atoms with Gasteiger partial charge in [0.25, 0.3) is 0 Å². The maximum absolute atomic E-state index is 3.89. The van der Waals surface area contributed by atoms with Gasteiger partial charge in [-0.1, -0.05) is 24.5 Å². The Hall–Kier alpha value is -0.340. The molecule has 2 nitrogen and oxygen atoms in total. The molecule has 3 rings (SSSR count). The van der Waals surface area contributed by atoms with Crippen LogP contribution in [0.2, 0.25) is 0 Å². The largest absolute Gasteiger partial charge is 0.310 e. The molecular weight excluding hydrogens is 208 g/mol. The highest BCUT2D eigenvalue weighted by molar-refractivity contribution is 5.05. The zero-order valence-electron chi connectivity index (χ0n) is 11.1. The second kappa shape index (κ2) is 5.11. The van der Waals surface area contributed by atoms with E-state index in [0.717, 1.165) is 18.0 Å². The van der Waals surface area contributed by atoms with Crippen molar-refractivity contribution in [3.8, 4) is 0 Å². The molecule has 3 aliphatic rings. The Balaban J connectivity index is 1.51. The molecule has 3 atom stereocenters. The molecule has 2 heterocycles. The monoisotopic (exact) mass is 234 g/mol. The Morgan fingerprint density at radius 2 is 2.24 bits per heavy atom. The summed E-state index contributed by atoms with van der Waals surface area (Å²) in [4.78, 5) is 2.64. The van der Waals surface area contributed by atoms with E-state index >= 15 is 0 Å². The maximum atomic E-state index is 3.89. The van der Waals surface area contributed by atoms with Crippen LogP contribution in [0.15, 0.2) is 11.6 Å². The third-order valence-electron chi connectivity index (χ3n) is 4.84. The van der Waals surface area contributed by atoms with Gasteiger partial charge in [0.1, 0.15) is 0 Å². The molecule has 1 saturated carbocycles. The molecule has 17 heavy (non-hydrogen) atoms. The molecule has 2 aliphatic heterocycles. The zero-order valence-corrected chi connectivity index (χ0v) is 11.1. The van der Waals surface area contributed by atoms with Crippen LogP contribution in [-0.4, -0.2) is 36.6 Å². The topological polar surface area (TPSA) is 15.3 Å². The minimum atomic E-state index is 0.772. The van der Waals surface area contributed by atoms with E-state index in [-0.39, 0.29) is 0 Å². The Kier molecular flexibility index (Phi) is 3.53. The molecular formula is C15H26N2. The van der Waals surface area contributed by atoms with E-state index in [2.05, 4.69) is 23.2 Å². The number of hydrogen-bond donors (Lipinski definition) is 1. The molecule has 0 aromatic carbocycles. The lowest BCUT2D eigenvalue weighted by Crippen LogP contribution is -2.42. The van der Waals surface area contributed by atoms with E-state index < -0.39 is 0 Å². The number of rotatable bonds is 2. The number of hydrogen-bond acceptors (Lipinski definition) is 2. The molecule has 96 valence electrons. The molecule has 0 aromatic heterocycles. The van der Waals surface area contributed by atoms with Crippen LogP contribution in [0.3, 0.4) is 0 Å². The standard InChI is InChI=1S/C15H26N2/c1-12-5-4-8-17(10-12)11-14-9-13-6-2-3-7-15(13)16-14/h5,13-16H,2-4,6-11H2,1H3. The summed E-state index contributed by atoms with van der Waals surface area (Å²) in [6, 6.07) is 1.63. The number of fused-ring (bicyclic) bond motifs is 1. The molecule has 1 N–H and O–H groups in total. The van der Waals surface area contributed by atoms with Gasteiger partial charge in [-0.15, -0.1) is 0 Å². The minimum absolute atomic E-state index is 0.772. The lowest BCUT2D eigenvalue weighted by Gasteiger charge is -2.29. The second-order valence-electron chi connectivity index (χ2n) is 6.32. The summed E-state index contributed by atoms with van der Waals surface area (Å²) in [5, 5.41) is 3.89. The van der Waals surface area contributed by atoms with Crippen molar-refractivity contribution < 1.29 is 0 Å². The van der Waals surface area contributed by atoms with Crippen molar-refractivity contribution in [3.05, 3.63) is 11.6 Å². The van der Waals surface area contributed by atoms with Gasteiger partial charge >= 0.3 is 0 Å². The van der Waals surface area contributed by atoms with Crippen molar-refractivity contribution in [3.63, 3.8) is 0 Å². The summed E-state index contributed by atoms with van der Waals surface area (Å²) >= 11 is 0. The molecule has 2 heteroatoms. The quantitative estimate of drug-likeness (QED) is 0.739. The van der Waals surface area contributed by atoms with Crippen LogP contribution in [0.4, 0.5) is 0 Å². The van der Waals surface area contributed by atoms with Crippen LogP contribution in [0.25, 0.3) is 0 Å². The summed E-state index contributed by atoms with van der Waals surface area (Å²) in [6.45, 7) is 6.02. The van der Waals surface area contributed by atoms with Crippen LogP contribution in [0.5, 0.6) is 0 Å². The van der Waals surface area contributed by atoms with E-state index in [1.54, 1.807) is 5.57 Å². The van der Waals surface area contributed by atoms with Crippen LogP contribution in [-0.2, 0) is 0 Å². The van der Waals surface area contributed by atoms with Crippen LogP contribution in [0, 0.1) is 5.92 Å². The lowest BCUT2D eigenvalue weighted by atomic mass is 9.85. The highest BCUT2D eigenvalue weighted by atomic mass is 15.2. The average molecular weight is 234 g/mol. The minimum Gasteiger partial charge on any atom is -0.310 e. The molecule has 1 aliphatic carbocycles. The summed E-state index contributed by atoms with van der Waals surface area (Å²) in [7, 11) is 0. The van der Waals surface area contributed by atoms with Gasteiger partial charge in [0.15, 0.2) is 0 Å². The fourth-order valence-corrected chi connectivity index (χ4v) is 4.03. The van der Waals surface area contributed by atoms with Crippen molar-refractivity contribution in [2.75, 3.05) is 19.6 Å². The molecule has 0 spiro atoms. The molecule has 0 bridgehead atoms. The Bertz CT molecular complexity index is 283. The van der Waals surface area contributed by atoms with E-state index in [4.69, 9.17) is 0 Å². The maximum Gasteiger partial charge on any atom is 0.0201 e. The SMILES string of the molecule is CC1=CCCN(CC2CC3CCCCC3N2)C1. The first-order chi connectivity index (χ1) is 8.31. The predicted octanol–water partition coefficient (Wildman–Crippen LogP) is 2.56. The molecule has 0 amide bonds. The van der Waals surface area contributed by atoms with Crippen LogP contribution in [0.1, 0.15) is 45.4 Å². The van der Waals surface area contributed by atoms with Crippen molar-refractivity contribution in [1.82, 2.24) is 10.2 Å². The van der Waals surface area contributed by atoms with Crippen molar-refractivity contribution in [2.45, 2.75) is 57.5 Å². The predicted molar refractivity (Wildman–Crippen MR) is 72.1 cm³/mol. The van der Waals surface area contributed by atoms with Crippen molar-refractivity contribution in [1.29, 1.82) is 0 Å². The first kappa shape index (κ1) is 11.7. The van der Waals surface area contributed by atoms with Gasteiger partial charge in [0.2, 0.25) is 0 Å². The Morgan fingerprint density at radius 1 is 1.35 bits per heavy atom. The number of nitrogens with zero attached hydrogens (tertiary/aromatic N) is 1. The van der Waals surface area contributed by atoms with Gasteiger partial charge in [-0.05, 0) is 38.5 Å². The van der Waals surface area contributed by atoms with Crippen molar-refractivity contribution in [2.24, 2.45) is 5.92 Å². The average Bonchev–Trinajstić information content (AvgIpc) is 2.71. The van der Waals surface area contributed by atoms with Crippen LogP contribution < -0.4 is 5.32 Å². The second-order valence-corrected chi connectivity index (χ2v) is 6.32. The zero-order chi connectivity index (χ0) is 11.7. The van der Waals surface area contributed by atoms with Crippen molar-refractivity contribution >= 4 is 0 Å². The normalized spacial score (nSPS) is 38.9. The molecule has 0 radical (unpaired) electrons. The van der Waals surface area contributed by atoms with Gasteiger partial charge < -0.3 is 5.32 Å². The molecule has 3 unspecified atom stereocenters. The highest BCUT2D eigenvalue weighted by Gasteiger charge is 2.35. The van der Waals surface area contributed by atoms with Gasteiger partial charge in [-0.2, -0.15) is 0 Å². The van der Waals surface area contributed by atoms with E-state index in [9.17, 15) is 0 Å². The molecule has 1 saturated heterocycles. The first-order valence-electron chi connectivity index (χ1n) is 7.45. The van der Waals surface area contributed by atoms with Gasteiger partial charge in [0, 0.05) is 31.7 Å². The van der Waals surface area contributed by atoms with E-state index in [1.165, 1.54) is 58.2 Å². The summed E-state index contributed by atoms with van der Waals surface area (Å²) in [5.74, 6) is 0.996. The highest BCUT2D eigenvalue weighted by Crippen LogP contribution is 2.33. The molecule has 0 aromatic rings. The fraction of sp³-hybridized carbons (Fsp3) is 0.867. The van der Waals surface area contributed by atoms with E-state index in [0.29, 0.717) is 0 Å². The lowest BCUT2D eigenvalue weighted by molar-refractivity contribution is 0.260. The van der Waals surface area contributed by atoms with E-state index in [1.807, 2.05) is 0 Å².